The van der Waals surface area contributed by atoms with E-state index in [0.29, 0.717) is 18.7 Å². The molecule has 0 atom stereocenters. The van der Waals surface area contributed by atoms with Crippen molar-refractivity contribution in [2.45, 2.75) is 25.8 Å². The Kier molecular flexibility index (Phi) is 9.66. The zero-order valence-corrected chi connectivity index (χ0v) is 14.1. The molecule has 1 aromatic rings. The summed E-state index contributed by atoms with van der Waals surface area (Å²) in [6, 6.07) is 7.39. The number of amides is 1. The number of nitrogens with two attached hydrogens (primary N) is 1. The van der Waals surface area contributed by atoms with Gasteiger partial charge in [0.1, 0.15) is 0 Å². The van der Waals surface area contributed by atoms with Gasteiger partial charge in [-0.05, 0) is 45.6 Å². The van der Waals surface area contributed by atoms with Gasteiger partial charge in [0.15, 0.2) is 0 Å². The zero-order valence-electron chi connectivity index (χ0n) is 12.5. The maximum atomic E-state index is 11.8. The highest BCUT2D eigenvalue weighted by Crippen LogP contribution is 2.09. The number of rotatable bonds is 5. The molecule has 0 fully saturated rings. The molecule has 4 nitrogen and oxygen atoms in total. The lowest BCUT2D eigenvalue weighted by Crippen LogP contribution is -2.48. The molecule has 1 rings (SSSR count). The molecule has 0 saturated carbocycles. The largest absolute Gasteiger partial charge is 0.399 e. The Morgan fingerprint density at radius 1 is 1.20 bits per heavy atom. The first kappa shape index (κ1) is 21.3. The third kappa shape index (κ3) is 6.98. The van der Waals surface area contributed by atoms with Gasteiger partial charge in [-0.1, -0.05) is 12.1 Å². The second-order valence-electron chi connectivity index (χ2n) is 5.40. The zero-order chi connectivity index (χ0) is 13.8. The molecule has 0 aliphatic heterocycles. The summed E-state index contributed by atoms with van der Waals surface area (Å²) in [6.07, 6.45) is 0.393. The first-order valence-corrected chi connectivity index (χ1v) is 6.10. The summed E-state index contributed by atoms with van der Waals surface area (Å²) in [5, 5.41) is 2.96. The highest BCUT2D eigenvalue weighted by molar-refractivity contribution is 5.85. The number of nitrogens with one attached hydrogen (secondary N) is 1. The number of hydrogen-bond donors (Lipinski definition) is 2. The van der Waals surface area contributed by atoms with Gasteiger partial charge in [0.25, 0.3) is 0 Å². The smallest absolute Gasteiger partial charge is 0.224 e. The fourth-order valence-corrected chi connectivity index (χ4v) is 1.36. The van der Waals surface area contributed by atoms with Crippen LogP contribution >= 0.6 is 24.8 Å². The minimum atomic E-state index is -0.0449. The number of nitrogens with zero attached hydrogens (tertiary/aromatic N) is 1. The van der Waals surface area contributed by atoms with Gasteiger partial charge in [-0.2, -0.15) is 0 Å². The van der Waals surface area contributed by atoms with Crippen LogP contribution in [0.3, 0.4) is 0 Å². The Labute approximate surface area is 133 Å². The topological polar surface area (TPSA) is 58.4 Å². The van der Waals surface area contributed by atoms with E-state index in [1.807, 2.05) is 38.4 Å². The predicted molar refractivity (Wildman–Crippen MR) is 89.8 cm³/mol. The number of hydrogen-bond acceptors (Lipinski definition) is 3. The second-order valence-corrected chi connectivity index (χ2v) is 5.40. The van der Waals surface area contributed by atoms with E-state index in [1.54, 1.807) is 0 Å². The molecule has 3 N–H and O–H groups in total. The number of carbonyl (C=O) groups excluding carboxylic acids is 1. The van der Waals surface area contributed by atoms with Crippen molar-refractivity contribution >= 4 is 36.4 Å². The van der Waals surface area contributed by atoms with E-state index in [2.05, 4.69) is 24.1 Å². The van der Waals surface area contributed by atoms with Crippen molar-refractivity contribution in [3.63, 3.8) is 0 Å². The maximum absolute atomic E-state index is 11.8. The van der Waals surface area contributed by atoms with Crippen LogP contribution in [0, 0.1) is 0 Å². The van der Waals surface area contributed by atoms with E-state index in [0.717, 1.165) is 5.56 Å². The van der Waals surface area contributed by atoms with Gasteiger partial charge in [0, 0.05) is 17.8 Å². The molecule has 20 heavy (non-hydrogen) atoms. The molecule has 116 valence electrons. The van der Waals surface area contributed by atoms with E-state index < -0.39 is 0 Å². The quantitative estimate of drug-likeness (QED) is 0.817. The first-order chi connectivity index (χ1) is 8.31. The van der Waals surface area contributed by atoms with Gasteiger partial charge < -0.3 is 16.0 Å². The minimum Gasteiger partial charge on any atom is -0.399 e. The molecule has 1 aromatic carbocycles. The summed E-state index contributed by atoms with van der Waals surface area (Å²) in [5.74, 6) is 0.0368. The molecule has 0 saturated heterocycles. The molecule has 1 amide bonds. The number of likely N-dealkylation sites (N-methyl/N-ethyl adjacent to an activating group) is 1. The Balaban J connectivity index is 0. The standard InChI is InChI=1S/C14H23N3O.2ClH/c1-14(2,17(3)4)10-16-13(18)9-11-5-7-12(15)8-6-11;;/h5-8H,9-10,15H2,1-4H3,(H,16,18);2*1H. The fourth-order valence-electron chi connectivity index (χ4n) is 1.36. The van der Waals surface area contributed by atoms with Crippen LogP contribution in [0.1, 0.15) is 19.4 Å². The van der Waals surface area contributed by atoms with Crippen molar-refractivity contribution in [2.24, 2.45) is 0 Å². The Morgan fingerprint density at radius 3 is 2.15 bits per heavy atom. The average Bonchev–Trinajstić information content (AvgIpc) is 2.29. The molecule has 0 radical (unpaired) electrons. The third-order valence-corrected chi connectivity index (χ3v) is 3.27. The SMILES string of the molecule is CN(C)C(C)(C)CNC(=O)Cc1ccc(N)cc1.Cl.Cl. The van der Waals surface area contributed by atoms with Crippen molar-refractivity contribution in [1.29, 1.82) is 0 Å². The Bertz CT molecular complexity index is 405. The first-order valence-electron chi connectivity index (χ1n) is 6.10. The summed E-state index contributed by atoms with van der Waals surface area (Å²) in [4.78, 5) is 13.9. The van der Waals surface area contributed by atoms with Crippen molar-refractivity contribution in [3.05, 3.63) is 29.8 Å². The van der Waals surface area contributed by atoms with Crippen LogP contribution < -0.4 is 11.1 Å². The van der Waals surface area contributed by atoms with Crippen LogP contribution in [0.2, 0.25) is 0 Å². The van der Waals surface area contributed by atoms with Crippen molar-refractivity contribution in [2.75, 3.05) is 26.4 Å². The van der Waals surface area contributed by atoms with E-state index in [-0.39, 0.29) is 36.3 Å². The van der Waals surface area contributed by atoms with E-state index in [1.165, 1.54) is 0 Å². The number of nitrogen functional groups attached to an aromatic ring is 1. The average molecular weight is 322 g/mol. The van der Waals surface area contributed by atoms with Gasteiger partial charge in [-0.15, -0.1) is 24.8 Å². The third-order valence-electron chi connectivity index (χ3n) is 3.27. The molecular weight excluding hydrogens is 297 g/mol. The number of benzene rings is 1. The molecule has 6 heteroatoms. The van der Waals surface area contributed by atoms with Crippen LogP contribution in [-0.4, -0.2) is 37.0 Å². The van der Waals surface area contributed by atoms with Crippen LogP contribution in [0.25, 0.3) is 0 Å². The minimum absolute atomic E-state index is 0. The van der Waals surface area contributed by atoms with Crippen LogP contribution in [0.5, 0.6) is 0 Å². The molecule has 0 bridgehead atoms. The number of carbonyl (C=O) groups is 1. The van der Waals surface area contributed by atoms with Gasteiger partial charge >= 0.3 is 0 Å². The monoisotopic (exact) mass is 321 g/mol. The summed E-state index contributed by atoms with van der Waals surface area (Å²) >= 11 is 0. The summed E-state index contributed by atoms with van der Waals surface area (Å²) in [7, 11) is 4.01. The lowest BCUT2D eigenvalue weighted by molar-refractivity contribution is -0.120. The van der Waals surface area contributed by atoms with E-state index in [4.69, 9.17) is 5.73 Å². The Hall–Kier alpha value is -0.970. The van der Waals surface area contributed by atoms with Gasteiger partial charge in [0.2, 0.25) is 5.91 Å². The van der Waals surface area contributed by atoms with Crippen LogP contribution in [-0.2, 0) is 11.2 Å². The predicted octanol–water partition coefficient (Wildman–Crippen LogP) is 2.11. The maximum Gasteiger partial charge on any atom is 0.224 e. The second kappa shape index (κ2) is 9.06. The molecule has 0 spiro atoms. The van der Waals surface area contributed by atoms with Gasteiger partial charge in [-0.25, -0.2) is 0 Å². The lowest BCUT2D eigenvalue weighted by Gasteiger charge is -2.32. The fraction of sp³-hybridized carbons (Fsp3) is 0.500. The summed E-state index contributed by atoms with van der Waals surface area (Å²) in [6.45, 7) is 4.82. The summed E-state index contributed by atoms with van der Waals surface area (Å²) < 4.78 is 0. The number of halogens is 2. The van der Waals surface area contributed by atoms with Crippen LogP contribution in [0.4, 0.5) is 5.69 Å². The highest BCUT2D eigenvalue weighted by Gasteiger charge is 2.20. The molecule has 0 aliphatic carbocycles. The van der Waals surface area contributed by atoms with Crippen molar-refractivity contribution in [1.82, 2.24) is 10.2 Å². The summed E-state index contributed by atoms with van der Waals surface area (Å²) in [5.41, 5.74) is 7.25. The van der Waals surface area contributed by atoms with Gasteiger partial charge in [0.05, 0.1) is 6.42 Å². The molecular formula is C14H25Cl2N3O. The normalized spacial score (nSPS) is 10.4. The number of anilines is 1. The molecule has 0 heterocycles. The van der Waals surface area contributed by atoms with Crippen LogP contribution in [0.15, 0.2) is 24.3 Å². The van der Waals surface area contributed by atoms with E-state index in [9.17, 15) is 4.79 Å². The molecule has 0 unspecified atom stereocenters. The van der Waals surface area contributed by atoms with E-state index >= 15 is 0 Å². The van der Waals surface area contributed by atoms with Crippen molar-refractivity contribution < 1.29 is 4.79 Å². The molecule has 0 aromatic heterocycles. The van der Waals surface area contributed by atoms with Gasteiger partial charge in [-0.3, -0.25) is 4.79 Å². The molecule has 0 aliphatic rings. The highest BCUT2D eigenvalue weighted by atomic mass is 35.5. The van der Waals surface area contributed by atoms with Crippen molar-refractivity contribution in [3.8, 4) is 0 Å². The lowest BCUT2D eigenvalue weighted by atomic mass is 10.0. The Morgan fingerprint density at radius 2 is 1.70 bits per heavy atom.